The molecule has 0 saturated heterocycles. The molecule has 0 aliphatic heterocycles. The van der Waals surface area contributed by atoms with Gasteiger partial charge in [0.25, 0.3) is 0 Å². The van der Waals surface area contributed by atoms with E-state index in [1.807, 2.05) is 0 Å². The number of carbonyl (C=O) groups is 3. The molecule has 0 aliphatic carbocycles. The van der Waals surface area contributed by atoms with Gasteiger partial charge in [-0.25, -0.2) is 4.79 Å². The molecule has 1 unspecified atom stereocenters. The minimum absolute atomic E-state index is 0.150. The summed E-state index contributed by atoms with van der Waals surface area (Å²) in [7, 11) is 0. The second-order valence-electron chi connectivity index (χ2n) is 2.77. The Labute approximate surface area is 87.5 Å². The zero-order valence-electron chi connectivity index (χ0n) is 8.06. The standard InChI is InChI=1S/C8H13NO4S/c1-5(10)9(6(2)11)7(3-4-14)8(12)13/h7,14H,3-4H2,1-2H3,(H,12,13). The number of thiol groups is 1. The molecule has 0 aliphatic rings. The molecule has 0 bridgehead atoms. The van der Waals surface area contributed by atoms with Crippen LogP contribution in [0, 0.1) is 0 Å². The molecule has 0 heterocycles. The summed E-state index contributed by atoms with van der Waals surface area (Å²) >= 11 is 3.87. The van der Waals surface area contributed by atoms with Gasteiger partial charge in [0.15, 0.2) is 0 Å². The monoisotopic (exact) mass is 219 g/mol. The molecule has 6 heteroatoms. The molecule has 80 valence electrons. The van der Waals surface area contributed by atoms with Crippen LogP contribution < -0.4 is 0 Å². The Morgan fingerprint density at radius 3 is 1.93 bits per heavy atom. The van der Waals surface area contributed by atoms with Crippen molar-refractivity contribution in [3.05, 3.63) is 0 Å². The van der Waals surface area contributed by atoms with Crippen LogP contribution in [0.1, 0.15) is 20.3 Å². The molecule has 2 amide bonds. The molecule has 0 aromatic rings. The van der Waals surface area contributed by atoms with E-state index < -0.39 is 23.8 Å². The Morgan fingerprint density at radius 2 is 1.71 bits per heavy atom. The van der Waals surface area contributed by atoms with Crippen LogP contribution >= 0.6 is 12.6 Å². The number of nitrogens with zero attached hydrogens (tertiary/aromatic N) is 1. The summed E-state index contributed by atoms with van der Waals surface area (Å²) in [5, 5.41) is 8.79. The number of carbonyl (C=O) groups excluding carboxylic acids is 2. The van der Waals surface area contributed by atoms with Gasteiger partial charge in [0.2, 0.25) is 11.8 Å². The zero-order chi connectivity index (χ0) is 11.3. The topological polar surface area (TPSA) is 74.7 Å². The van der Waals surface area contributed by atoms with Crippen molar-refractivity contribution in [2.45, 2.75) is 26.3 Å². The molecule has 14 heavy (non-hydrogen) atoms. The van der Waals surface area contributed by atoms with Gasteiger partial charge in [0.1, 0.15) is 6.04 Å². The van der Waals surface area contributed by atoms with E-state index in [0.29, 0.717) is 5.75 Å². The van der Waals surface area contributed by atoms with Gasteiger partial charge in [-0.3, -0.25) is 14.5 Å². The summed E-state index contributed by atoms with van der Waals surface area (Å²) in [6.45, 7) is 2.33. The first-order chi connectivity index (χ1) is 6.41. The predicted molar refractivity (Wildman–Crippen MR) is 53.1 cm³/mol. The number of carboxylic acids is 1. The first kappa shape index (κ1) is 13.0. The van der Waals surface area contributed by atoms with Crippen molar-refractivity contribution in [1.82, 2.24) is 4.90 Å². The van der Waals surface area contributed by atoms with Crippen molar-refractivity contribution in [3.63, 3.8) is 0 Å². The minimum atomic E-state index is -1.19. The van der Waals surface area contributed by atoms with Gasteiger partial charge in [0, 0.05) is 13.8 Å². The van der Waals surface area contributed by atoms with Crippen LogP contribution in [-0.4, -0.2) is 39.6 Å². The highest BCUT2D eigenvalue weighted by molar-refractivity contribution is 7.80. The van der Waals surface area contributed by atoms with Gasteiger partial charge in [-0.2, -0.15) is 12.6 Å². The second-order valence-corrected chi connectivity index (χ2v) is 3.22. The van der Waals surface area contributed by atoms with Gasteiger partial charge in [-0.15, -0.1) is 0 Å². The summed E-state index contributed by atoms with van der Waals surface area (Å²) in [6.07, 6.45) is 0.150. The van der Waals surface area contributed by atoms with E-state index in [-0.39, 0.29) is 6.42 Å². The van der Waals surface area contributed by atoms with Crippen LogP contribution in [0.15, 0.2) is 0 Å². The van der Waals surface area contributed by atoms with Crippen LogP contribution in [0.5, 0.6) is 0 Å². The lowest BCUT2D eigenvalue weighted by atomic mass is 10.2. The number of imide groups is 1. The fraction of sp³-hybridized carbons (Fsp3) is 0.625. The molecular formula is C8H13NO4S. The third-order valence-electron chi connectivity index (χ3n) is 1.68. The number of aliphatic carboxylic acids is 1. The van der Waals surface area contributed by atoms with Crippen molar-refractivity contribution in [2.75, 3.05) is 5.75 Å². The van der Waals surface area contributed by atoms with E-state index in [1.165, 1.54) is 0 Å². The number of rotatable bonds is 4. The summed E-state index contributed by atoms with van der Waals surface area (Å²) in [6, 6.07) is -1.11. The first-order valence-electron chi connectivity index (χ1n) is 4.05. The quantitative estimate of drug-likeness (QED) is 0.660. The van der Waals surface area contributed by atoms with Crippen molar-refractivity contribution >= 4 is 30.4 Å². The second kappa shape index (κ2) is 5.64. The molecule has 0 saturated carbocycles. The van der Waals surface area contributed by atoms with Gasteiger partial charge in [0.05, 0.1) is 0 Å². The molecule has 1 atom stereocenters. The average Bonchev–Trinajstić information content (AvgIpc) is 2.01. The fourth-order valence-corrected chi connectivity index (χ4v) is 1.39. The largest absolute Gasteiger partial charge is 0.480 e. The molecule has 0 fully saturated rings. The Hall–Kier alpha value is -1.04. The summed E-state index contributed by atoms with van der Waals surface area (Å²) < 4.78 is 0. The Bertz CT molecular complexity index is 240. The summed E-state index contributed by atoms with van der Waals surface area (Å²) in [4.78, 5) is 33.5. The SMILES string of the molecule is CC(=O)N(C(C)=O)C(CCS)C(=O)O. The van der Waals surface area contributed by atoms with Gasteiger partial charge in [-0.1, -0.05) is 0 Å². The molecule has 0 aromatic heterocycles. The van der Waals surface area contributed by atoms with Crippen molar-refractivity contribution < 1.29 is 19.5 Å². The van der Waals surface area contributed by atoms with E-state index in [4.69, 9.17) is 5.11 Å². The highest BCUT2D eigenvalue weighted by Gasteiger charge is 2.29. The molecule has 0 spiro atoms. The molecule has 0 rings (SSSR count). The molecule has 0 radical (unpaired) electrons. The van der Waals surface area contributed by atoms with Crippen LogP contribution in [0.2, 0.25) is 0 Å². The van der Waals surface area contributed by atoms with Crippen LogP contribution in [0.3, 0.4) is 0 Å². The highest BCUT2D eigenvalue weighted by Crippen LogP contribution is 2.07. The Balaban J connectivity index is 4.82. The fourth-order valence-electron chi connectivity index (χ4n) is 1.15. The maximum absolute atomic E-state index is 11.0. The van der Waals surface area contributed by atoms with E-state index in [0.717, 1.165) is 18.7 Å². The lowest BCUT2D eigenvalue weighted by Gasteiger charge is -2.24. The van der Waals surface area contributed by atoms with E-state index in [2.05, 4.69) is 12.6 Å². The van der Waals surface area contributed by atoms with Gasteiger partial charge >= 0.3 is 5.97 Å². The number of carboxylic acid groups (broad SMARTS) is 1. The summed E-state index contributed by atoms with van der Waals surface area (Å²) in [5.74, 6) is -2.02. The number of hydrogen-bond acceptors (Lipinski definition) is 4. The van der Waals surface area contributed by atoms with E-state index >= 15 is 0 Å². The molecule has 1 N–H and O–H groups in total. The van der Waals surface area contributed by atoms with Crippen LogP contribution in [0.25, 0.3) is 0 Å². The summed E-state index contributed by atoms with van der Waals surface area (Å²) in [5.41, 5.74) is 0. The van der Waals surface area contributed by atoms with Crippen molar-refractivity contribution in [2.24, 2.45) is 0 Å². The predicted octanol–water partition coefficient (Wildman–Crippen LogP) is 0.155. The molecule has 5 nitrogen and oxygen atoms in total. The maximum Gasteiger partial charge on any atom is 0.326 e. The average molecular weight is 219 g/mol. The minimum Gasteiger partial charge on any atom is -0.480 e. The highest BCUT2D eigenvalue weighted by atomic mass is 32.1. The van der Waals surface area contributed by atoms with E-state index in [9.17, 15) is 14.4 Å². The Kier molecular flexibility index (Phi) is 5.22. The first-order valence-corrected chi connectivity index (χ1v) is 4.69. The Morgan fingerprint density at radius 1 is 1.29 bits per heavy atom. The van der Waals surface area contributed by atoms with Gasteiger partial charge in [-0.05, 0) is 12.2 Å². The number of amides is 2. The third-order valence-corrected chi connectivity index (χ3v) is 1.94. The van der Waals surface area contributed by atoms with E-state index in [1.54, 1.807) is 0 Å². The van der Waals surface area contributed by atoms with Crippen molar-refractivity contribution in [1.29, 1.82) is 0 Å². The normalized spacial score (nSPS) is 11.9. The zero-order valence-corrected chi connectivity index (χ0v) is 8.95. The van der Waals surface area contributed by atoms with Crippen LogP contribution in [-0.2, 0) is 14.4 Å². The lowest BCUT2D eigenvalue weighted by Crippen LogP contribution is -2.47. The smallest absolute Gasteiger partial charge is 0.326 e. The number of hydrogen-bond donors (Lipinski definition) is 2. The van der Waals surface area contributed by atoms with Crippen LogP contribution in [0.4, 0.5) is 0 Å². The molecule has 0 aromatic carbocycles. The lowest BCUT2D eigenvalue weighted by molar-refractivity contribution is -0.156. The maximum atomic E-state index is 11.0. The third kappa shape index (κ3) is 3.37. The van der Waals surface area contributed by atoms with Gasteiger partial charge < -0.3 is 5.11 Å². The van der Waals surface area contributed by atoms with Crippen molar-refractivity contribution in [3.8, 4) is 0 Å². The molecular weight excluding hydrogens is 206 g/mol.